The van der Waals surface area contributed by atoms with E-state index in [0.717, 1.165) is 10.0 Å². The maximum atomic E-state index is 12.6. The largest absolute Gasteiger partial charge is 0.504 e. The van der Waals surface area contributed by atoms with Crippen LogP contribution in [-0.2, 0) is 4.74 Å². The number of halogens is 2. The average molecular weight is 231 g/mol. The number of rotatable bonds is 2. The summed E-state index contributed by atoms with van der Waals surface area (Å²) in [5.74, 6) is -0.253. The normalized spacial score (nSPS) is 10.6. The van der Waals surface area contributed by atoms with Crippen molar-refractivity contribution in [1.29, 1.82) is 0 Å². The molecule has 1 aromatic carbocycles. The van der Waals surface area contributed by atoms with Gasteiger partial charge in [0.25, 0.3) is 0 Å². The van der Waals surface area contributed by atoms with Gasteiger partial charge in [-0.3, -0.25) is 0 Å². The van der Waals surface area contributed by atoms with E-state index in [0.29, 0.717) is 0 Å². The second-order valence-electron chi connectivity index (χ2n) is 2.20. The second-order valence-corrected chi connectivity index (χ2v) is 3.06. The number of hydrogen-bond donors (Lipinski definition) is 0. The molecule has 0 saturated carbocycles. The molecule has 1 rings (SSSR count). The topological polar surface area (TPSA) is 9.23 Å². The monoisotopic (exact) mass is 230 g/mol. The third kappa shape index (κ3) is 2.34. The molecule has 0 fully saturated rings. The van der Waals surface area contributed by atoms with Gasteiger partial charge in [0.2, 0.25) is 0 Å². The number of benzene rings is 1. The van der Waals surface area contributed by atoms with Crippen LogP contribution in [0.2, 0.25) is 0 Å². The van der Waals surface area contributed by atoms with Gasteiger partial charge in [0.1, 0.15) is 5.82 Å². The maximum absolute atomic E-state index is 12.6. The number of methoxy groups -OCH3 is 1. The molecule has 0 heterocycles. The Hall–Kier alpha value is -0.830. The maximum Gasteiger partial charge on any atom is 0.124 e. The summed E-state index contributed by atoms with van der Waals surface area (Å²) in [5, 5.41) is 0. The molecule has 0 aromatic heterocycles. The van der Waals surface area contributed by atoms with Gasteiger partial charge >= 0.3 is 0 Å². The van der Waals surface area contributed by atoms with E-state index in [2.05, 4.69) is 15.9 Å². The van der Waals surface area contributed by atoms with Crippen molar-refractivity contribution in [3.8, 4) is 0 Å². The Labute approximate surface area is 79.0 Å². The number of hydrogen-bond acceptors (Lipinski definition) is 1. The van der Waals surface area contributed by atoms with Crippen LogP contribution in [0.3, 0.4) is 0 Å². The molecule has 0 N–H and O–H groups in total. The molecule has 0 atom stereocenters. The summed E-state index contributed by atoms with van der Waals surface area (Å²) in [7, 11) is 1.56. The fourth-order valence-electron chi connectivity index (χ4n) is 0.778. The van der Waals surface area contributed by atoms with Gasteiger partial charge in [0, 0.05) is 4.47 Å². The Morgan fingerprint density at radius 1 is 1.50 bits per heavy atom. The van der Waals surface area contributed by atoms with Crippen LogP contribution < -0.4 is 0 Å². The van der Waals surface area contributed by atoms with Crippen molar-refractivity contribution >= 4 is 22.0 Å². The smallest absolute Gasteiger partial charge is 0.124 e. The van der Waals surface area contributed by atoms with Crippen molar-refractivity contribution in [2.24, 2.45) is 0 Å². The van der Waals surface area contributed by atoms with Crippen molar-refractivity contribution < 1.29 is 9.13 Å². The fraction of sp³-hybridized carbons (Fsp3) is 0.111. The average Bonchev–Trinajstić information content (AvgIpc) is 2.03. The third-order valence-corrected chi connectivity index (χ3v) is 2.03. The highest BCUT2D eigenvalue weighted by Gasteiger charge is 1.96. The van der Waals surface area contributed by atoms with Gasteiger partial charge < -0.3 is 4.74 Å². The van der Waals surface area contributed by atoms with E-state index >= 15 is 0 Å². The molecule has 0 amide bonds. The molecule has 0 saturated heterocycles. The minimum Gasteiger partial charge on any atom is -0.504 e. The minimum atomic E-state index is -0.253. The van der Waals surface area contributed by atoms with Crippen molar-refractivity contribution in [1.82, 2.24) is 0 Å². The van der Waals surface area contributed by atoms with Gasteiger partial charge in [-0.25, -0.2) is 4.39 Å². The SMILES string of the molecule is CO/C=C/c1ccc(F)cc1Br. The summed E-state index contributed by atoms with van der Waals surface area (Å²) >= 11 is 3.23. The molecular weight excluding hydrogens is 223 g/mol. The van der Waals surface area contributed by atoms with Crippen molar-refractivity contribution in [2.75, 3.05) is 7.11 Å². The van der Waals surface area contributed by atoms with Gasteiger partial charge in [-0.2, -0.15) is 0 Å². The van der Waals surface area contributed by atoms with E-state index in [9.17, 15) is 4.39 Å². The molecule has 0 aliphatic carbocycles. The first-order valence-corrected chi connectivity index (χ1v) is 4.17. The van der Waals surface area contributed by atoms with Crippen molar-refractivity contribution in [2.45, 2.75) is 0 Å². The highest BCUT2D eigenvalue weighted by molar-refractivity contribution is 9.10. The van der Waals surface area contributed by atoms with E-state index in [4.69, 9.17) is 4.74 Å². The molecule has 12 heavy (non-hydrogen) atoms. The molecule has 0 spiro atoms. The lowest BCUT2D eigenvalue weighted by Crippen LogP contribution is -1.78. The predicted molar refractivity (Wildman–Crippen MR) is 50.1 cm³/mol. The Morgan fingerprint density at radius 2 is 2.25 bits per heavy atom. The first kappa shape index (κ1) is 9.26. The molecule has 1 nitrogen and oxygen atoms in total. The first-order chi connectivity index (χ1) is 5.74. The van der Waals surface area contributed by atoms with Crippen molar-refractivity contribution in [3.05, 3.63) is 40.3 Å². The molecular formula is C9H8BrFO. The van der Waals surface area contributed by atoms with Crippen LogP contribution in [0.1, 0.15) is 5.56 Å². The second kappa shape index (κ2) is 4.26. The third-order valence-electron chi connectivity index (χ3n) is 1.35. The molecule has 1 aromatic rings. The summed E-state index contributed by atoms with van der Waals surface area (Å²) < 4.78 is 18.0. The minimum absolute atomic E-state index is 0.253. The first-order valence-electron chi connectivity index (χ1n) is 3.38. The highest BCUT2D eigenvalue weighted by atomic mass is 79.9. The zero-order valence-electron chi connectivity index (χ0n) is 6.55. The predicted octanol–water partition coefficient (Wildman–Crippen LogP) is 3.21. The van der Waals surface area contributed by atoms with E-state index in [1.54, 1.807) is 19.3 Å². The summed E-state index contributed by atoms with van der Waals surface area (Å²) in [6.45, 7) is 0. The summed E-state index contributed by atoms with van der Waals surface area (Å²) in [4.78, 5) is 0. The quantitative estimate of drug-likeness (QED) is 0.710. The van der Waals surface area contributed by atoms with E-state index in [1.165, 1.54) is 18.4 Å². The van der Waals surface area contributed by atoms with Crippen molar-refractivity contribution in [3.63, 3.8) is 0 Å². The van der Waals surface area contributed by atoms with Gasteiger partial charge in [-0.1, -0.05) is 22.0 Å². The molecule has 0 aliphatic rings. The van der Waals surface area contributed by atoms with Crippen LogP contribution >= 0.6 is 15.9 Å². The van der Waals surface area contributed by atoms with Gasteiger partial charge in [-0.15, -0.1) is 0 Å². The van der Waals surface area contributed by atoms with Crippen LogP contribution in [0, 0.1) is 5.82 Å². The van der Waals surface area contributed by atoms with Crippen LogP contribution in [0.25, 0.3) is 6.08 Å². The Bertz CT molecular complexity index is 297. The lowest BCUT2D eigenvalue weighted by atomic mass is 10.2. The zero-order valence-corrected chi connectivity index (χ0v) is 8.14. The molecule has 0 aliphatic heterocycles. The van der Waals surface area contributed by atoms with Gasteiger partial charge in [0.05, 0.1) is 13.4 Å². The molecule has 3 heteroatoms. The zero-order chi connectivity index (χ0) is 8.97. The van der Waals surface area contributed by atoms with Crippen LogP contribution in [0.5, 0.6) is 0 Å². The Balaban J connectivity index is 2.94. The van der Waals surface area contributed by atoms with E-state index in [1.807, 2.05) is 0 Å². The summed E-state index contributed by atoms with van der Waals surface area (Å²) in [6, 6.07) is 4.49. The molecule has 0 radical (unpaired) electrons. The van der Waals surface area contributed by atoms with Crippen LogP contribution in [0.15, 0.2) is 28.9 Å². The van der Waals surface area contributed by atoms with Crippen LogP contribution in [-0.4, -0.2) is 7.11 Å². The molecule has 0 unspecified atom stereocenters. The lowest BCUT2D eigenvalue weighted by molar-refractivity contribution is 0.341. The highest BCUT2D eigenvalue weighted by Crippen LogP contribution is 2.19. The van der Waals surface area contributed by atoms with Gasteiger partial charge in [0.15, 0.2) is 0 Å². The summed E-state index contributed by atoms with van der Waals surface area (Å²) in [6.07, 6.45) is 3.29. The molecule has 64 valence electrons. The van der Waals surface area contributed by atoms with Gasteiger partial charge in [-0.05, 0) is 23.8 Å². The number of ether oxygens (including phenoxy) is 1. The lowest BCUT2D eigenvalue weighted by Gasteiger charge is -1.97. The Kier molecular flexibility index (Phi) is 3.29. The van der Waals surface area contributed by atoms with E-state index in [-0.39, 0.29) is 5.82 Å². The Morgan fingerprint density at radius 3 is 2.83 bits per heavy atom. The van der Waals surface area contributed by atoms with Crippen LogP contribution in [0.4, 0.5) is 4.39 Å². The molecule has 0 bridgehead atoms. The van der Waals surface area contributed by atoms with E-state index < -0.39 is 0 Å². The summed E-state index contributed by atoms with van der Waals surface area (Å²) in [5.41, 5.74) is 0.887. The fourth-order valence-corrected chi connectivity index (χ4v) is 1.26. The standard InChI is InChI=1S/C9H8BrFO/c1-12-5-4-7-2-3-8(11)6-9(7)10/h2-6H,1H3/b5-4+.